The van der Waals surface area contributed by atoms with Gasteiger partial charge >= 0.3 is 0 Å². The molecule has 0 aliphatic rings. The maximum Gasteiger partial charge on any atom is 0.165 e. The molecule has 0 radical (unpaired) electrons. The van der Waals surface area contributed by atoms with Crippen molar-refractivity contribution in [1.82, 2.24) is 9.55 Å². The Morgan fingerprint density at radius 1 is 1.47 bits per heavy atom. The van der Waals surface area contributed by atoms with E-state index >= 15 is 0 Å². The van der Waals surface area contributed by atoms with E-state index in [9.17, 15) is 4.39 Å². The molecule has 1 atom stereocenters. The Morgan fingerprint density at radius 2 is 2.26 bits per heavy atom. The van der Waals surface area contributed by atoms with Gasteiger partial charge in [-0.1, -0.05) is 6.07 Å². The van der Waals surface area contributed by atoms with Crippen LogP contribution >= 0.6 is 0 Å². The van der Waals surface area contributed by atoms with E-state index in [-0.39, 0.29) is 18.4 Å². The van der Waals surface area contributed by atoms with Crippen molar-refractivity contribution in [2.75, 3.05) is 0 Å². The first-order valence-electron chi connectivity index (χ1n) is 6.29. The molecule has 0 aliphatic heterocycles. The Labute approximate surface area is 112 Å². The van der Waals surface area contributed by atoms with E-state index in [0.717, 1.165) is 17.9 Å². The minimum absolute atomic E-state index is 0.192. The van der Waals surface area contributed by atoms with Crippen LogP contribution in [0.15, 0.2) is 30.6 Å². The van der Waals surface area contributed by atoms with Crippen LogP contribution in [-0.4, -0.2) is 9.55 Å². The number of ether oxygens (including phenoxy) is 1. The van der Waals surface area contributed by atoms with Crippen molar-refractivity contribution in [2.24, 2.45) is 5.73 Å². The molecule has 4 nitrogen and oxygen atoms in total. The van der Waals surface area contributed by atoms with Crippen LogP contribution in [0.2, 0.25) is 0 Å². The lowest BCUT2D eigenvalue weighted by Gasteiger charge is -2.11. The summed E-state index contributed by atoms with van der Waals surface area (Å²) in [5.74, 6) is 0.595. The fourth-order valence-corrected chi connectivity index (χ4v) is 1.83. The molecule has 0 saturated carbocycles. The number of hydrogen-bond acceptors (Lipinski definition) is 3. The highest BCUT2D eigenvalue weighted by molar-refractivity contribution is 5.30. The van der Waals surface area contributed by atoms with E-state index in [2.05, 4.69) is 4.98 Å². The number of halogens is 1. The van der Waals surface area contributed by atoms with Gasteiger partial charge in [0.05, 0.1) is 0 Å². The number of nitrogens with two attached hydrogens (primary N) is 1. The maximum atomic E-state index is 13.8. The first kappa shape index (κ1) is 13.5. The molecule has 0 aliphatic carbocycles. The molecule has 1 heterocycles. The average molecular weight is 263 g/mol. The summed E-state index contributed by atoms with van der Waals surface area (Å²) in [5.41, 5.74) is 6.45. The van der Waals surface area contributed by atoms with Crippen molar-refractivity contribution in [3.63, 3.8) is 0 Å². The third-order valence-corrected chi connectivity index (χ3v) is 2.98. The normalized spacial score (nSPS) is 12.4. The molecule has 0 amide bonds. The van der Waals surface area contributed by atoms with Gasteiger partial charge in [-0.3, -0.25) is 0 Å². The SMILES string of the molecule is CCn1ccnc1COc1ccc(C(C)N)cc1F. The fraction of sp³-hybridized carbons (Fsp3) is 0.357. The Morgan fingerprint density at radius 3 is 2.89 bits per heavy atom. The molecule has 0 spiro atoms. The van der Waals surface area contributed by atoms with Crippen molar-refractivity contribution in [2.45, 2.75) is 33.0 Å². The third-order valence-electron chi connectivity index (χ3n) is 2.98. The van der Waals surface area contributed by atoms with Crippen LogP contribution in [0.3, 0.4) is 0 Å². The highest BCUT2D eigenvalue weighted by Crippen LogP contribution is 2.21. The molecule has 2 aromatic rings. The zero-order valence-electron chi connectivity index (χ0n) is 11.1. The number of nitrogens with zero attached hydrogens (tertiary/aromatic N) is 2. The molecule has 19 heavy (non-hydrogen) atoms. The molecular weight excluding hydrogens is 245 g/mol. The minimum atomic E-state index is -0.399. The highest BCUT2D eigenvalue weighted by Gasteiger charge is 2.09. The van der Waals surface area contributed by atoms with Gasteiger partial charge in [0, 0.05) is 25.0 Å². The van der Waals surface area contributed by atoms with E-state index in [4.69, 9.17) is 10.5 Å². The van der Waals surface area contributed by atoms with Crippen LogP contribution < -0.4 is 10.5 Å². The number of aryl methyl sites for hydroxylation is 1. The lowest BCUT2D eigenvalue weighted by atomic mass is 10.1. The molecule has 0 saturated heterocycles. The molecule has 102 valence electrons. The van der Waals surface area contributed by atoms with Gasteiger partial charge in [0.15, 0.2) is 11.6 Å². The molecule has 2 rings (SSSR count). The van der Waals surface area contributed by atoms with Crippen molar-refractivity contribution in [1.29, 1.82) is 0 Å². The van der Waals surface area contributed by atoms with Crippen molar-refractivity contribution < 1.29 is 9.13 Å². The lowest BCUT2D eigenvalue weighted by molar-refractivity contribution is 0.275. The molecule has 0 fully saturated rings. The van der Waals surface area contributed by atoms with Crippen molar-refractivity contribution in [3.05, 3.63) is 47.8 Å². The summed E-state index contributed by atoms with van der Waals surface area (Å²) >= 11 is 0. The number of rotatable bonds is 5. The van der Waals surface area contributed by atoms with E-state index in [1.807, 2.05) is 24.6 Å². The Hall–Kier alpha value is -1.88. The predicted molar refractivity (Wildman–Crippen MR) is 71.2 cm³/mol. The molecular formula is C14H18FN3O. The monoisotopic (exact) mass is 263 g/mol. The molecule has 1 unspecified atom stereocenters. The zero-order valence-corrected chi connectivity index (χ0v) is 11.1. The molecule has 0 bridgehead atoms. The number of hydrogen-bond donors (Lipinski definition) is 1. The van der Waals surface area contributed by atoms with Gasteiger partial charge in [0.2, 0.25) is 0 Å². The van der Waals surface area contributed by atoms with Gasteiger partial charge in [0.25, 0.3) is 0 Å². The van der Waals surface area contributed by atoms with Crippen LogP contribution in [0.1, 0.15) is 31.3 Å². The fourth-order valence-electron chi connectivity index (χ4n) is 1.83. The average Bonchev–Trinajstić information content (AvgIpc) is 2.84. The van der Waals surface area contributed by atoms with E-state index in [1.165, 1.54) is 6.07 Å². The summed E-state index contributed by atoms with van der Waals surface area (Å²) in [6, 6.07) is 4.59. The predicted octanol–water partition coefficient (Wildman–Crippen LogP) is 2.64. The second-order valence-electron chi connectivity index (χ2n) is 4.40. The van der Waals surface area contributed by atoms with Crippen LogP contribution in [0.25, 0.3) is 0 Å². The van der Waals surface area contributed by atoms with Crippen LogP contribution in [0, 0.1) is 5.82 Å². The van der Waals surface area contributed by atoms with Crippen LogP contribution in [0.5, 0.6) is 5.75 Å². The third kappa shape index (κ3) is 3.12. The number of benzene rings is 1. The van der Waals surface area contributed by atoms with Crippen molar-refractivity contribution in [3.8, 4) is 5.75 Å². The topological polar surface area (TPSA) is 53.1 Å². The number of imidazole rings is 1. The van der Waals surface area contributed by atoms with Gasteiger partial charge in [-0.05, 0) is 31.5 Å². The largest absolute Gasteiger partial charge is 0.483 e. The molecule has 5 heteroatoms. The lowest BCUT2D eigenvalue weighted by Crippen LogP contribution is -2.08. The second kappa shape index (κ2) is 5.84. The van der Waals surface area contributed by atoms with Crippen LogP contribution in [-0.2, 0) is 13.2 Å². The van der Waals surface area contributed by atoms with E-state index < -0.39 is 5.82 Å². The number of aromatic nitrogens is 2. The summed E-state index contributed by atoms with van der Waals surface area (Å²) in [6.07, 6.45) is 3.58. The summed E-state index contributed by atoms with van der Waals surface area (Å²) in [4.78, 5) is 4.17. The van der Waals surface area contributed by atoms with Gasteiger partial charge < -0.3 is 15.0 Å². The molecule has 2 N–H and O–H groups in total. The van der Waals surface area contributed by atoms with Gasteiger partial charge in [0.1, 0.15) is 12.4 Å². The first-order valence-corrected chi connectivity index (χ1v) is 6.29. The van der Waals surface area contributed by atoms with Crippen LogP contribution in [0.4, 0.5) is 4.39 Å². The summed E-state index contributed by atoms with van der Waals surface area (Å²) in [6.45, 7) is 4.89. The van der Waals surface area contributed by atoms with Gasteiger partial charge in [-0.15, -0.1) is 0 Å². The minimum Gasteiger partial charge on any atom is -0.483 e. The summed E-state index contributed by atoms with van der Waals surface area (Å²) in [7, 11) is 0. The van der Waals surface area contributed by atoms with E-state index in [1.54, 1.807) is 18.3 Å². The molecule has 1 aromatic heterocycles. The molecule has 1 aromatic carbocycles. The quantitative estimate of drug-likeness (QED) is 0.902. The second-order valence-corrected chi connectivity index (χ2v) is 4.40. The Kier molecular flexibility index (Phi) is 4.16. The summed E-state index contributed by atoms with van der Waals surface area (Å²) in [5, 5.41) is 0. The summed E-state index contributed by atoms with van der Waals surface area (Å²) < 4.78 is 21.2. The Bertz CT molecular complexity index is 551. The smallest absolute Gasteiger partial charge is 0.165 e. The maximum absolute atomic E-state index is 13.8. The Balaban J connectivity index is 2.08. The first-order chi connectivity index (χ1) is 9.11. The standard InChI is InChI=1S/C14H18FN3O/c1-3-18-7-6-17-14(18)9-19-13-5-4-11(10(2)16)8-12(13)15/h4-8,10H,3,9,16H2,1-2H3. The van der Waals surface area contributed by atoms with Gasteiger partial charge in [-0.25, -0.2) is 9.37 Å². The zero-order chi connectivity index (χ0) is 13.8. The van der Waals surface area contributed by atoms with E-state index in [0.29, 0.717) is 0 Å². The van der Waals surface area contributed by atoms with Crippen molar-refractivity contribution >= 4 is 0 Å². The highest BCUT2D eigenvalue weighted by atomic mass is 19.1. The van der Waals surface area contributed by atoms with Gasteiger partial charge in [-0.2, -0.15) is 0 Å².